The van der Waals surface area contributed by atoms with E-state index >= 15 is 0 Å². The Morgan fingerprint density at radius 3 is 2.12 bits per heavy atom. The van der Waals surface area contributed by atoms with Crippen molar-refractivity contribution in [3.63, 3.8) is 0 Å². The fraction of sp³-hybridized carbons (Fsp3) is 0.807. The quantitative estimate of drug-likeness (QED) is 0.0245. The summed E-state index contributed by atoms with van der Waals surface area (Å²) in [6.07, 6.45) is -0.291. The number of ether oxygens (including phenoxy) is 3. The number of esters is 1. The van der Waals surface area contributed by atoms with Gasteiger partial charge in [0.1, 0.15) is 36.4 Å². The van der Waals surface area contributed by atoms with E-state index < -0.39 is 166 Å². The van der Waals surface area contributed by atoms with Gasteiger partial charge in [-0.05, 0) is 128 Å². The summed E-state index contributed by atoms with van der Waals surface area (Å²) in [6.45, 7) is 18.7. The summed E-state index contributed by atoms with van der Waals surface area (Å²) < 4.78 is 43.0. The molecule has 26 heteroatoms. The van der Waals surface area contributed by atoms with E-state index in [0.717, 1.165) is 4.90 Å². The lowest BCUT2D eigenvalue weighted by Crippen LogP contribution is -2.61. The van der Waals surface area contributed by atoms with E-state index in [4.69, 9.17) is 14.2 Å². The molecule has 1 saturated carbocycles. The maximum Gasteiger partial charge on any atom is 0.407 e. The first-order valence-electron chi connectivity index (χ1n) is 29.3. The molecule has 2 saturated heterocycles. The Kier molecular flexibility index (Phi) is 28.0. The monoisotopic (exact) mass is 1190 g/mol. The maximum absolute atomic E-state index is 14.3. The molecule has 25 nitrogen and oxygen atoms in total. The predicted molar refractivity (Wildman–Crippen MR) is 302 cm³/mol. The lowest BCUT2D eigenvalue weighted by atomic mass is 9.76. The largest absolute Gasteiger partial charge is 0.460 e. The molecule has 0 aromatic carbocycles. The number of hydrogen-bond donors (Lipinski definition) is 7. The van der Waals surface area contributed by atoms with Crippen LogP contribution in [0.15, 0.2) is 0 Å². The number of hydrogen-bond acceptors (Lipinski definition) is 18. The van der Waals surface area contributed by atoms with E-state index in [1.807, 2.05) is 13.8 Å². The van der Waals surface area contributed by atoms with E-state index in [0.29, 0.717) is 42.8 Å². The molecule has 3 aliphatic rings. The summed E-state index contributed by atoms with van der Waals surface area (Å²) in [5.41, 5.74) is -0.712. The zero-order valence-corrected chi connectivity index (χ0v) is 51.5. The first-order chi connectivity index (χ1) is 38.6. The lowest BCUT2D eigenvalue weighted by Gasteiger charge is -2.42. The molecule has 2 aliphatic heterocycles. The number of piperidine rings is 1. The number of ketones is 2. The number of carbonyl (C=O) groups is 10. The highest BCUT2D eigenvalue weighted by molar-refractivity contribution is 7.89. The third-order valence-corrected chi connectivity index (χ3v) is 17.3. The Hall–Kier alpha value is -5.78. The highest BCUT2D eigenvalue weighted by Crippen LogP contribution is 2.37. The van der Waals surface area contributed by atoms with Gasteiger partial charge < -0.3 is 55.9 Å². The van der Waals surface area contributed by atoms with Crippen molar-refractivity contribution in [2.24, 2.45) is 41.4 Å². The number of nitrogens with one attached hydrogen (secondary N) is 5. The van der Waals surface area contributed by atoms with Gasteiger partial charge >= 0.3 is 12.1 Å². The highest BCUT2D eigenvalue weighted by atomic mass is 32.2. The Balaban J connectivity index is 1.72. The van der Waals surface area contributed by atoms with Crippen molar-refractivity contribution < 1.29 is 80.8 Å². The Bertz CT molecular complexity index is 2450. The fourth-order valence-corrected chi connectivity index (χ4v) is 11.6. The Morgan fingerprint density at radius 1 is 0.855 bits per heavy atom. The molecule has 3 fully saturated rings. The van der Waals surface area contributed by atoms with Crippen LogP contribution in [0.4, 0.5) is 4.79 Å². The number of nitrogens with zero attached hydrogens (tertiary/aromatic N) is 3. The zero-order valence-electron chi connectivity index (χ0n) is 50.7. The Morgan fingerprint density at radius 2 is 1.52 bits per heavy atom. The van der Waals surface area contributed by atoms with Crippen LogP contribution in [0, 0.1) is 52.8 Å². The van der Waals surface area contributed by atoms with Gasteiger partial charge in [0.2, 0.25) is 39.4 Å². The summed E-state index contributed by atoms with van der Waals surface area (Å²) in [6, 6.07) is -2.22. The number of sulfonamides is 1. The normalized spacial score (nSPS) is 23.9. The standard InChI is InChI=1S/C57H94N8O17S/c1-13-83(78,79)65(25-21-58)52(73)43(26-33(2)3)63-50(71)38(9)62-51(72)42(34(4)5)29-40(66)32-61-48(69)31-46(36(7)28-39-18-20-45(67)35(6)27-39)80-54(75)44-16-14-15-24-64(44)53(74)49(70)57(77)37(8)17-19-41(81-57)30-47(68)59-22-23-60-55(76)82-56(10,11)12/h33-39,41-46,67,77H,13-20,22-32H2,1-12H3,(H,59,68)(H,60,76)(H,61,69)(H,62,72)(H,63,71)/t35-,36-,37-,38+,39-,41+,42+,43+,44+,45-,46+,57?/m1/s1. The maximum atomic E-state index is 14.3. The molecule has 0 bridgehead atoms. The van der Waals surface area contributed by atoms with Crippen LogP contribution in [0.1, 0.15) is 167 Å². The molecule has 7 N–H and O–H groups in total. The van der Waals surface area contributed by atoms with Gasteiger partial charge in [0.05, 0.1) is 43.4 Å². The van der Waals surface area contributed by atoms with Gasteiger partial charge in [-0.25, -0.2) is 22.3 Å². The van der Waals surface area contributed by atoms with Crippen molar-refractivity contribution in [2.75, 3.05) is 38.5 Å². The van der Waals surface area contributed by atoms with Crippen molar-refractivity contribution >= 4 is 69.1 Å². The lowest BCUT2D eigenvalue weighted by molar-refractivity contribution is -0.262. The number of carbonyl (C=O) groups excluding carboxylic acids is 10. The molecule has 470 valence electrons. The zero-order chi connectivity index (χ0) is 62.7. The third-order valence-electron chi connectivity index (χ3n) is 15.6. The third kappa shape index (κ3) is 22.3. The second kappa shape index (κ2) is 32.5. The van der Waals surface area contributed by atoms with Crippen molar-refractivity contribution in [3.8, 4) is 6.07 Å². The highest BCUT2D eigenvalue weighted by Gasteiger charge is 2.53. The van der Waals surface area contributed by atoms with Crippen LogP contribution in [0.25, 0.3) is 0 Å². The van der Waals surface area contributed by atoms with Gasteiger partial charge in [-0.1, -0.05) is 48.5 Å². The minimum absolute atomic E-state index is 0.00383. The van der Waals surface area contributed by atoms with Crippen molar-refractivity contribution in [1.82, 2.24) is 35.8 Å². The SMILES string of the molecule is CCS(=O)(=O)N(CC#N)C(=O)[C@H](CC(C)C)NC(=O)[C@H](C)NC(=O)[C@@H](CC(=O)CNC(=O)C[C@H](OC(=O)[C@@H]1CCCCN1C(=O)C(=O)C1(O)O[C@H](CC(=O)NCCNC(=O)OC(C)(C)C)CC[C@H]1C)[C@H](C)C[C@@H]1CC[C@@H](O)[C@H](C)C1)C(C)C. The second-order valence-corrected chi connectivity index (χ2v) is 26.7. The molecule has 0 radical (unpaired) electrons. The minimum atomic E-state index is -4.16. The summed E-state index contributed by atoms with van der Waals surface area (Å²) in [4.78, 5) is 136. The number of rotatable bonds is 29. The topological polar surface area (TPSA) is 363 Å². The predicted octanol–water partition coefficient (Wildman–Crippen LogP) is 2.68. The number of amides is 7. The number of Topliss-reactive ketones (excluding diaryl/α,β-unsaturated/α-hetero) is 2. The van der Waals surface area contributed by atoms with Crippen molar-refractivity contribution in [2.45, 2.75) is 214 Å². The van der Waals surface area contributed by atoms with Gasteiger partial charge in [-0.2, -0.15) is 5.26 Å². The van der Waals surface area contributed by atoms with Gasteiger partial charge in [0.25, 0.3) is 17.6 Å². The van der Waals surface area contributed by atoms with Crippen molar-refractivity contribution in [3.05, 3.63) is 0 Å². The molecular formula is C57H94N8O17S. The molecule has 2 heterocycles. The van der Waals surface area contributed by atoms with Gasteiger partial charge in [0.15, 0.2) is 5.78 Å². The fourth-order valence-electron chi connectivity index (χ4n) is 10.6. The number of aliphatic hydroxyl groups excluding tert-OH is 1. The van der Waals surface area contributed by atoms with Gasteiger partial charge in [-0.3, -0.25) is 38.4 Å². The summed E-state index contributed by atoms with van der Waals surface area (Å²) in [5.74, 6) is -13.6. The molecule has 3 rings (SSSR count). The molecule has 0 aromatic heterocycles. The van der Waals surface area contributed by atoms with Gasteiger partial charge in [0, 0.05) is 37.9 Å². The summed E-state index contributed by atoms with van der Waals surface area (Å²) >= 11 is 0. The molecular weight excluding hydrogens is 1100 g/mol. The molecule has 7 amide bonds. The number of aliphatic hydroxyl groups is 2. The summed E-state index contributed by atoms with van der Waals surface area (Å²) in [7, 11) is -4.16. The second-order valence-electron chi connectivity index (χ2n) is 24.5. The van der Waals surface area contributed by atoms with E-state index in [-0.39, 0.29) is 75.9 Å². The molecule has 83 heavy (non-hydrogen) atoms. The van der Waals surface area contributed by atoms with Crippen LogP contribution in [0.5, 0.6) is 0 Å². The first kappa shape index (κ1) is 71.5. The molecule has 12 atom stereocenters. The first-order valence-corrected chi connectivity index (χ1v) is 30.9. The number of likely N-dealkylation sites (tertiary alicyclic amines) is 1. The van der Waals surface area contributed by atoms with Gasteiger partial charge in [-0.15, -0.1) is 0 Å². The van der Waals surface area contributed by atoms with E-state index in [1.165, 1.54) is 20.8 Å². The average molecular weight is 1200 g/mol. The molecule has 0 spiro atoms. The minimum Gasteiger partial charge on any atom is -0.460 e. The van der Waals surface area contributed by atoms with Crippen LogP contribution in [-0.2, 0) is 67.4 Å². The number of alkyl carbamates (subject to hydrolysis) is 1. The van der Waals surface area contributed by atoms with Crippen LogP contribution in [0.2, 0.25) is 0 Å². The molecule has 1 aliphatic carbocycles. The Labute approximate surface area is 489 Å². The molecule has 1 unspecified atom stereocenters. The van der Waals surface area contributed by atoms with E-state index in [2.05, 4.69) is 26.6 Å². The number of nitriles is 1. The van der Waals surface area contributed by atoms with E-state index in [9.17, 15) is 71.8 Å². The molecule has 0 aromatic rings. The average Bonchev–Trinajstić information content (AvgIpc) is 3.44. The van der Waals surface area contributed by atoms with E-state index in [1.54, 1.807) is 54.5 Å². The smallest absolute Gasteiger partial charge is 0.407 e. The van der Waals surface area contributed by atoms with Crippen LogP contribution in [0.3, 0.4) is 0 Å². The van der Waals surface area contributed by atoms with Crippen LogP contribution >= 0.6 is 0 Å². The van der Waals surface area contributed by atoms with Crippen LogP contribution in [-0.4, -0.2) is 173 Å². The van der Waals surface area contributed by atoms with Crippen molar-refractivity contribution in [1.29, 1.82) is 5.26 Å². The van der Waals surface area contributed by atoms with Crippen LogP contribution < -0.4 is 26.6 Å². The summed E-state index contributed by atoms with van der Waals surface area (Å²) in [5, 5.41) is 44.3.